The molecule has 3 rings (SSSR count). The summed E-state index contributed by atoms with van der Waals surface area (Å²) in [4.78, 5) is 14.5. The molecule has 0 saturated carbocycles. The van der Waals surface area contributed by atoms with Crippen molar-refractivity contribution in [2.24, 2.45) is 7.05 Å². The van der Waals surface area contributed by atoms with Crippen molar-refractivity contribution in [2.75, 3.05) is 20.2 Å². The number of para-hydroxylation sites is 1. The molecule has 1 aromatic carbocycles. The third kappa shape index (κ3) is 3.38. The summed E-state index contributed by atoms with van der Waals surface area (Å²) in [5.74, 6) is 0.0344. The zero-order chi connectivity index (χ0) is 16.4. The van der Waals surface area contributed by atoms with E-state index < -0.39 is 0 Å². The molecule has 0 N–H and O–H groups in total. The van der Waals surface area contributed by atoms with Crippen LogP contribution < -0.4 is 0 Å². The van der Waals surface area contributed by atoms with Crippen molar-refractivity contribution in [2.45, 2.75) is 31.8 Å². The van der Waals surface area contributed by atoms with E-state index in [-0.39, 0.29) is 5.91 Å². The molecule has 0 bridgehead atoms. The maximum atomic E-state index is 12.7. The van der Waals surface area contributed by atoms with Gasteiger partial charge in [-0.15, -0.1) is 0 Å². The third-order valence-electron chi connectivity index (χ3n) is 4.62. The van der Waals surface area contributed by atoms with Crippen LogP contribution in [0.15, 0.2) is 24.3 Å². The van der Waals surface area contributed by atoms with Crippen LogP contribution in [0.3, 0.4) is 0 Å². The molecule has 0 radical (unpaired) electrons. The van der Waals surface area contributed by atoms with Crippen molar-refractivity contribution >= 4 is 28.4 Å². The molecule has 1 amide bonds. The molecule has 1 saturated heterocycles. The normalized spacial score (nSPS) is 17.8. The van der Waals surface area contributed by atoms with E-state index in [1.54, 1.807) is 4.90 Å². The zero-order valence-electron chi connectivity index (χ0n) is 13.7. The zero-order valence-corrected chi connectivity index (χ0v) is 14.5. The summed E-state index contributed by atoms with van der Waals surface area (Å²) >= 11 is 6.26. The molecule has 4 nitrogen and oxygen atoms in total. The summed E-state index contributed by atoms with van der Waals surface area (Å²) in [5.41, 5.74) is 1.58. The minimum Gasteiger partial charge on any atom is -0.378 e. The van der Waals surface area contributed by atoms with E-state index in [1.807, 2.05) is 42.9 Å². The van der Waals surface area contributed by atoms with E-state index in [4.69, 9.17) is 16.3 Å². The van der Waals surface area contributed by atoms with Gasteiger partial charge in [0.15, 0.2) is 0 Å². The number of fused-ring (bicyclic) bond motifs is 1. The molecule has 2 aromatic rings. The lowest BCUT2D eigenvalue weighted by Crippen LogP contribution is -2.29. The Labute approximate surface area is 142 Å². The Morgan fingerprint density at radius 3 is 3.00 bits per heavy atom. The summed E-state index contributed by atoms with van der Waals surface area (Å²) < 4.78 is 7.52. The van der Waals surface area contributed by atoms with E-state index in [1.165, 1.54) is 0 Å². The van der Waals surface area contributed by atoms with Crippen molar-refractivity contribution in [3.05, 3.63) is 35.0 Å². The molecule has 1 aromatic heterocycles. The molecule has 0 unspecified atom stereocenters. The van der Waals surface area contributed by atoms with Gasteiger partial charge < -0.3 is 14.2 Å². The van der Waals surface area contributed by atoms with Gasteiger partial charge in [-0.1, -0.05) is 23.7 Å². The van der Waals surface area contributed by atoms with Crippen molar-refractivity contribution in [1.82, 2.24) is 9.47 Å². The fourth-order valence-corrected chi connectivity index (χ4v) is 3.61. The topological polar surface area (TPSA) is 34.5 Å². The van der Waals surface area contributed by atoms with Crippen molar-refractivity contribution < 1.29 is 9.53 Å². The summed E-state index contributed by atoms with van der Waals surface area (Å²) in [6.45, 7) is 1.63. The second-order valence-corrected chi connectivity index (χ2v) is 6.68. The number of hydrogen-bond acceptors (Lipinski definition) is 2. The molecule has 1 atom stereocenters. The Kier molecular flexibility index (Phi) is 4.93. The van der Waals surface area contributed by atoms with Crippen molar-refractivity contribution in [1.29, 1.82) is 0 Å². The average molecular weight is 335 g/mol. The lowest BCUT2D eigenvalue weighted by atomic mass is 10.1. The number of carbonyl (C=O) groups is 1. The summed E-state index contributed by atoms with van der Waals surface area (Å²) in [5, 5.41) is 1.67. The van der Waals surface area contributed by atoms with Crippen LogP contribution in [0, 0.1) is 0 Å². The molecule has 0 spiro atoms. The van der Waals surface area contributed by atoms with Crippen LogP contribution in [0.1, 0.15) is 36.2 Å². The SMILES string of the molecule is CN(CCC[C@@H]1CCCO1)C(=O)c1cc2cccc(Cl)c2n1C. The van der Waals surface area contributed by atoms with Gasteiger partial charge in [-0.25, -0.2) is 0 Å². The highest BCUT2D eigenvalue weighted by atomic mass is 35.5. The number of rotatable bonds is 5. The van der Waals surface area contributed by atoms with Gasteiger partial charge in [-0.3, -0.25) is 4.79 Å². The van der Waals surface area contributed by atoms with Gasteiger partial charge in [-0.2, -0.15) is 0 Å². The van der Waals surface area contributed by atoms with Crippen LogP contribution in [0.25, 0.3) is 10.9 Å². The third-order valence-corrected chi connectivity index (χ3v) is 4.92. The Hall–Kier alpha value is -1.52. The number of benzene rings is 1. The van der Waals surface area contributed by atoms with E-state index in [0.717, 1.165) is 49.7 Å². The van der Waals surface area contributed by atoms with Crippen LogP contribution in [0.5, 0.6) is 0 Å². The minimum absolute atomic E-state index is 0.0344. The number of carbonyl (C=O) groups excluding carboxylic acids is 1. The highest BCUT2D eigenvalue weighted by Gasteiger charge is 2.19. The maximum absolute atomic E-state index is 12.7. The Balaban J connectivity index is 1.67. The highest BCUT2D eigenvalue weighted by Crippen LogP contribution is 2.26. The summed E-state index contributed by atoms with van der Waals surface area (Å²) in [6, 6.07) is 7.66. The molecule has 1 fully saturated rings. The second-order valence-electron chi connectivity index (χ2n) is 6.27. The Morgan fingerprint density at radius 1 is 1.48 bits per heavy atom. The number of ether oxygens (including phenoxy) is 1. The minimum atomic E-state index is 0.0344. The van der Waals surface area contributed by atoms with Crippen LogP contribution in [-0.2, 0) is 11.8 Å². The Bertz CT molecular complexity index is 704. The van der Waals surface area contributed by atoms with E-state index in [9.17, 15) is 4.79 Å². The van der Waals surface area contributed by atoms with Crippen LogP contribution in [-0.4, -0.2) is 41.7 Å². The molecule has 1 aliphatic heterocycles. The maximum Gasteiger partial charge on any atom is 0.270 e. The fourth-order valence-electron chi connectivity index (χ4n) is 3.30. The van der Waals surface area contributed by atoms with Gasteiger partial charge in [0.25, 0.3) is 5.91 Å². The molecule has 124 valence electrons. The molecule has 0 aliphatic carbocycles. The summed E-state index contributed by atoms with van der Waals surface area (Å²) in [6.07, 6.45) is 4.70. The molecule has 1 aliphatic rings. The van der Waals surface area contributed by atoms with Gasteiger partial charge in [0, 0.05) is 32.6 Å². The lowest BCUT2D eigenvalue weighted by molar-refractivity contribution is 0.0755. The van der Waals surface area contributed by atoms with Gasteiger partial charge in [-0.05, 0) is 37.8 Å². The second kappa shape index (κ2) is 6.93. The van der Waals surface area contributed by atoms with E-state index in [2.05, 4.69) is 0 Å². The molecule has 2 heterocycles. The predicted octanol–water partition coefficient (Wildman–Crippen LogP) is 3.86. The first-order chi connectivity index (χ1) is 11.1. The number of amides is 1. The first kappa shape index (κ1) is 16.3. The van der Waals surface area contributed by atoms with Gasteiger partial charge >= 0.3 is 0 Å². The average Bonchev–Trinajstić information content (AvgIpc) is 3.15. The first-order valence-electron chi connectivity index (χ1n) is 8.19. The van der Waals surface area contributed by atoms with Gasteiger partial charge in [0.2, 0.25) is 0 Å². The lowest BCUT2D eigenvalue weighted by Gasteiger charge is -2.18. The Morgan fingerprint density at radius 2 is 2.30 bits per heavy atom. The quantitative estimate of drug-likeness (QED) is 0.832. The van der Waals surface area contributed by atoms with Gasteiger partial charge in [0.1, 0.15) is 5.69 Å². The highest BCUT2D eigenvalue weighted by molar-refractivity contribution is 6.35. The number of hydrogen-bond donors (Lipinski definition) is 0. The summed E-state index contributed by atoms with van der Waals surface area (Å²) in [7, 11) is 3.75. The standard InChI is InChI=1S/C18H23ClN2O2/c1-20(10-4-7-14-8-5-11-23-14)18(22)16-12-13-6-3-9-15(19)17(13)21(16)2/h3,6,9,12,14H,4-5,7-8,10-11H2,1-2H3/t14-/m1/s1. The molecular formula is C18H23ClN2O2. The first-order valence-corrected chi connectivity index (χ1v) is 8.56. The van der Waals surface area contributed by atoms with Crippen molar-refractivity contribution in [3.8, 4) is 0 Å². The monoisotopic (exact) mass is 334 g/mol. The van der Waals surface area contributed by atoms with E-state index in [0.29, 0.717) is 16.8 Å². The molecule has 5 heteroatoms. The number of nitrogens with zero attached hydrogens (tertiary/aromatic N) is 2. The molecule has 23 heavy (non-hydrogen) atoms. The number of halogens is 1. The van der Waals surface area contributed by atoms with Crippen LogP contribution in [0.4, 0.5) is 0 Å². The number of aromatic nitrogens is 1. The van der Waals surface area contributed by atoms with E-state index >= 15 is 0 Å². The van der Waals surface area contributed by atoms with Crippen molar-refractivity contribution in [3.63, 3.8) is 0 Å². The van der Waals surface area contributed by atoms with Crippen LogP contribution >= 0.6 is 11.6 Å². The predicted molar refractivity (Wildman–Crippen MR) is 93.1 cm³/mol. The smallest absolute Gasteiger partial charge is 0.270 e. The van der Waals surface area contributed by atoms with Gasteiger partial charge in [0.05, 0.1) is 16.6 Å². The fraction of sp³-hybridized carbons (Fsp3) is 0.500. The largest absolute Gasteiger partial charge is 0.378 e. The number of aryl methyl sites for hydroxylation is 1. The van der Waals surface area contributed by atoms with Crippen LogP contribution in [0.2, 0.25) is 5.02 Å². The molecular weight excluding hydrogens is 312 g/mol.